The van der Waals surface area contributed by atoms with Gasteiger partial charge >= 0.3 is 6.09 Å². The number of rotatable bonds is 4. The third kappa shape index (κ3) is 4.73. The molecule has 0 unspecified atom stereocenters. The first-order valence-electron chi connectivity index (χ1n) is 8.77. The Hall–Kier alpha value is -2.04. The van der Waals surface area contributed by atoms with E-state index in [9.17, 15) is 9.59 Å². The van der Waals surface area contributed by atoms with Crippen molar-refractivity contribution < 1.29 is 14.4 Å². The smallest absolute Gasteiger partial charge is 0.318 e. The van der Waals surface area contributed by atoms with E-state index in [1.165, 1.54) is 5.06 Å². The molecule has 0 bridgehead atoms. The topological polar surface area (TPSA) is 49.9 Å². The van der Waals surface area contributed by atoms with Gasteiger partial charge < -0.3 is 9.74 Å². The molecule has 24 heavy (non-hydrogen) atoms. The Bertz CT molecular complexity index is 551. The van der Waals surface area contributed by atoms with Crippen LogP contribution in [0.5, 0.6) is 0 Å². The lowest BCUT2D eigenvalue weighted by Crippen LogP contribution is -2.45. The Morgan fingerprint density at radius 1 is 1.12 bits per heavy atom. The van der Waals surface area contributed by atoms with Crippen LogP contribution in [0, 0.1) is 5.41 Å². The molecular weight excluding hydrogens is 304 g/mol. The molecule has 0 atom stereocenters. The van der Waals surface area contributed by atoms with Crippen LogP contribution in [0.4, 0.5) is 4.79 Å². The fourth-order valence-corrected chi connectivity index (χ4v) is 2.61. The number of hydroxylamine groups is 2. The molecule has 2 amide bonds. The molecule has 0 N–H and O–H groups in total. The number of amides is 2. The van der Waals surface area contributed by atoms with Gasteiger partial charge in [0.2, 0.25) is 0 Å². The molecule has 0 aliphatic carbocycles. The summed E-state index contributed by atoms with van der Waals surface area (Å²) in [5, 5.41) is 1.23. The van der Waals surface area contributed by atoms with Gasteiger partial charge in [-0.15, -0.1) is 0 Å². The number of piperidine rings is 1. The predicted molar refractivity (Wildman–Crippen MR) is 93.0 cm³/mol. The van der Waals surface area contributed by atoms with Crippen LogP contribution < -0.4 is 0 Å². The van der Waals surface area contributed by atoms with Crippen molar-refractivity contribution in [2.75, 3.05) is 13.1 Å². The van der Waals surface area contributed by atoms with E-state index in [-0.39, 0.29) is 12.5 Å². The highest BCUT2D eigenvalue weighted by molar-refractivity contribution is 5.82. The second-order valence-corrected chi connectivity index (χ2v) is 6.97. The highest BCUT2D eigenvalue weighted by atomic mass is 16.7. The number of hydrogen-bond donors (Lipinski definition) is 0. The maximum absolute atomic E-state index is 12.8. The summed E-state index contributed by atoms with van der Waals surface area (Å²) < 4.78 is 0. The van der Waals surface area contributed by atoms with Crippen molar-refractivity contribution in [3.8, 4) is 0 Å². The van der Waals surface area contributed by atoms with E-state index in [1.54, 1.807) is 4.90 Å². The summed E-state index contributed by atoms with van der Waals surface area (Å²) in [5.74, 6) is -0.167. The molecule has 0 aromatic heterocycles. The minimum atomic E-state index is -0.572. The lowest BCUT2D eigenvalue weighted by molar-refractivity contribution is -0.181. The number of carbonyl (C=O) groups excluding carboxylic acids is 2. The molecule has 1 saturated heterocycles. The number of benzene rings is 1. The molecule has 1 aliphatic rings. The largest absolute Gasteiger partial charge is 0.434 e. The fraction of sp³-hybridized carbons (Fsp3) is 0.579. The minimum absolute atomic E-state index is 0.167. The second-order valence-electron chi connectivity index (χ2n) is 6.97. The van der Waals surface area contributed by atoms with Crippen molar-refractivity contribution >= 4 is 12.0 Å². The first-order valence-corrected chi connectivity index (χ1v) is 8.77. The van der Waals surface area contributed by atoms with Crippen LogP contribution >= 0.6 is 0 Å². The molecule has 132 valence electrons. The lowest BCUT2D eigenvalue weighted by atomic mass is 9.89. The van der Waals surface area contributed by atoms with Crippen LogP contribution in [0.1, 0.15) is 52.0 Å². The zero-order valence-corrected chi connectivity index (χ0v) is 15.0. The molecule has 1 aliphatic heterocycles. The molecule has 0 radical (unpaired) electrons. The van der Waals surface area contributed by atoms with E-state index < -0.39 is 11.5 Å². The van der Waals surface area contributed by atoms with Gasteiger partial charge in [0.25, 0.3) is 5.91 Å². The van der Waals surface area contributed by atoms with Gasteiger partial charge in [0.1, 0.15) is 0 Å². The van der Waals surface area contributed by atoms with Gasteiger partial charge in [-0.25, -0.2) is 4.79 Å². The van der Waals surface area contributed by atoms with Gasteiger partial charge in [-0.05, 0) is 31.2 Å². The lowest BCUT2D eigenvalue weighted by Gasteiger charge is -2.32. The maximum atomic E-state index is 12.8. The third-order valence-corrected chi connectivity index (χ3v) is 4.66. The van der Waals surface area contributed by atoms with Gasteiger partial charge in [-0.2, -0.15) is 5.06 Å². The summed E-state index contributed by atoms with van der Waals surface area (Å²) in [6, 6.07) is 9.60. The Kier molecular flexibility index (Phi) is 6.23. The van der Waals surface area contributed by atoms with Crippen molar-refractivity contribution in [3.63, 3.8) is 0 Å². The van der Waals surface area contributed by atoms with Gasteiger partial charge in [0.15, 0.2) is 0 Å². The summed E-state index contributed by atoms with van der Waals surface area (Å²) in [4.78, 5) is 32.5. The molecule has 1 fully saturated rings. The van der Waals surface area contributed by atoms with Crippen LogP contribution in [0.25, 0.3) is 0 Å². The predicted octanol–water partition coefficient (Wildman–Crippen LogP) is 3.99. The SMILES string of the molecule is CCC(C)(C)C(=O)N(Cc1ccccc1)OC(=O)N1CCCCC1. The standard InChI is InChI=1S/C19H28N2O3/c1-4-19(2,3)17(22)21(15-16-11-7-5-8-12-16)24-18(23)20-13-9-6-10-14-20/h5,7-8,11-12H,4,6,9-10,13-15H2,1-3H3. The second kappa shape index (κ2) is 8.18. The Balaban J connectivity index is 2.12. The summed E-state index contributed by atoms with van der Waals surface area (Å²) in [5.41, 5.74) is 0.362. The number of hydrogen-bond acceptors (Lipinski definition) is 3. The van der Waals surface area contributed by atoms with Crippen LogP contribution in [-0.4, -0.2) is 35.1 Å². The zero-order chi connectivity index (χ0) is 17.6. The maximum Gasteiger partial charge on any atom is 0.434 e. The average Bonchev–Trinajstić information content (AvgIpc) is 2.62. The summed E-state index contributed by atoms with van der Waals surface area (Å²) in [6.07, 6.45) is 3.37. The molecular formula is C19H28N2O3. The van der Waals surface area contributed by atoms with E-state index in [2.05, 4.69) is 0 Å². The van der Waals surface area contributed by atoms with Crippen LogP contribution in [0.15, 0.2) is 30.3 Å². The van der Waals surface area contributed by atoms with Crippen molar-refractivity contribution in [2.24, 2.45) is 5.41 Å². The van der Waals surface area contributed by atoms with Gasteiger partial charge in [0, 0.05) is 18.5 Å². The molecule has 5 heteroatoms. The first kappa shape index (κ1) is 18.3. The third-order valence-electron chi connectivity index (χ3n) is 4.66. The molecule has 1 aromatic carbocycles. The van der Waals surface area contributed by atoms with Gasteiger partial charge in [-0.3, -0.25) is 4.79 Å². The van der Waals surface area contributed by atoms with Crippen LogP contribution in [0.2, 0.25) is 0 Å². The number of likely N-dealkylation sites (tertiary alicyclic amines) is 1. The molecule has 2 rings (SSSR count). The summed E-state index contributed by atoms with van der Waals surface area (Å²) in [6.45, 7) is 7.38. The number of carbonyl (C=O) groups is 2. The van der Waals surface area contributed by atoms with E-state index in [4.69, 9.17) is 4.84 Å². The van der Waals surface area contributed by atoms with Gasteiger partial charge in [0.05, 0.1) is 6.54 Å². The van der Waals surface area contributed by atoms with Crippen LogP contribution in [-0.2, 0) is 16.2 Å². The first-order chi connectivity index (χ1) is 11.4. The highest BCUT2D eigenvalue weighted by Gasteiger charge is 2.34. The van der Waals surface area contributed by atoms with E-state index in [0.717, 1.165) is 24.8 Å². The molecule has 1 heterocycles. The molecule has 0 saturated carbocycles. The van der Waals surface area contributed by atoms with Gasteiger partial charge in [-0.1, -0.05) is 51.1 Å². The summed E-state index contributed by atoms with van der Waals surface area (Å²) >= 11 is 0. The summed E-state index contributed by atoms with van der Waals surface area (Å²) in [7, 11) is 0. The molecule has 0 spiro atoms. The van der Waals surface area contributed by atoms with Crippen molar-refractivity contribution in [1.29, 1.82) is 0 Å². The Morgan fingerprint density at radius 2 is 1.75 bits per heavy atom. The quantitative estimate of drug-likeness (QED) is 0.783. The number of nitrogens with zero attached hydrogens (tertiary/aromatic N) is 2. The van der Waals surface area contributed by atoms with Crippen LogP contribution in [0.3, 0.4) is 0 Å². The molecule has 5 nitrogen and oxygen atoms in total. The average molecular weight is 332 g/mol. The Labute approximate surface area is 144 Å². The minimum Gasteiger partial charge on any atom is -0.318 e. The normalized spacial score (nSPS) is 15.0. The Morgan fingerprint density at radius 3 is 2.33 bits per heavy atom. The highest BCUT2D eigenvalue weighted by Crippen LogP contribution is 2.25. The molecule has 1 aromatic rings. The van der Waals surface area contributed by atoms with E-state index >= 15 is 0 Å². The zero-order valence-electron chi connectivity index (χ0n) is 15.0. The monoisotopic (exact) mass is 332 g/mol. The van der Waals surface area contributed by atoms with Crippen molar-refractivity contribution in [2.45, 2.75) is 53.0 Å². The van der Waals surface area contributed by atoms with Crippen molar-refractivity contribution in [1.82, 2.24) is 9.96 Å². The van der Waals surface area contributed by atoms with E-state index in [1.807, 2.05) is 51.1 Å². The van der Waals surface area contributed by atoms with Crippen molar-refractivity contribution in [3.05, 3.63) is 35.9 Å². The van der Waals surface area contributed by atoms with E-state index in [0.29, 0.717) is 19.5 Å². The fourth-order valence-electron chi connectivity index (χ4n) is 2.61.